The van der Waals surface area contributed by atoms with E-state index in [-0.39, 0.29) is 24.8 Å². The fraction of sp³-hybridized carbons (Fsp3) is 0.200. The normalized spacial score (nSPS) is 10.2. The van der Waals surface area contributed by atoms with Crippen LogP contribution < -0.4 is 0 Å². The second-order valence-electron chi connectivity index (χ2n) is 8.78. The van der Waals surface area contributed by atoms with Gasteiger partial charge in [0.15, 0.2) is 0 Å². The smallest absolute Gasteiger partial charge is 0.0598 e. The fourth-order valence-electron chi connectivity index (χ4n) is 3.84. The van der Waals surface area contributed by atoms with Gasteiger partial charge < -0.3 is 9.80 Å². The van der Waals surface area contributed by atoms with Gasteiger partial charge in [-0.05, 0) is 73.7 Å². The molecule has 0 bridgehead atoms. The van der Waals surface area contributed by atoms with Crippen LogP contribution in [0.4, 0.5) is 0 Å². The third kappa shape index (κ3) is 9.44. The first-order valence-corrected chi connectivity index (χ1v) is 12.1. The topological polar surface area (TPSA) is 6.48 Å². The Morgan fingerprint density at radius 2 is 0.944 bits per heavy atom. The van der Waals surface area contributed by atoms with Crippen LogP contribution in [0.2, 0.25) is 10.0 Å². The van der Waals surface area contributed by atoms with E-state index in [9.17, 15) is 0 Å². The van der Waals surface area contributed by atoms with Crippen LogP contribution in [0.3, 0.4) is 0 Å². The van der Waals surface area contributed by atoms with Crippen molar-refractivity contribution in [2.45, 2.75) is 13.1 Å². The van der Waals surface area contributed by atoms with Gasteiger partial charge in [-0.1, -0.05) is 108 Å². The number of rotatable bonds is 6. The van der Waals surface area contributed by atoms with Crippen molar-refractivity contribution in [2.24, 2.45) is 0 Å². The molecule has 0 amide bonds. The largest absolute Gasteiger partial charge is 0.305 e. The van der Waals surface area contributed by atoms with Crippen LogP contribution in [0, 0.1) is 0 Å². The van der Waals surface area contributed by atoms with Gasteiger partial charge in [0.1, 0.15) is 0 Å². The Bertz CT molecular complexity index is 1190. The molecule has 192 valence electrons. The Kier molecular flexibility index (Phi) is 14.2. The lowest BCUT2D eigenvalue weighted by Crippen LogP contribution is -2.11. The summed E-state index contributed by atoms with van der Waals surface area (Å²) in [5.74, 6) is 0. The van der Waals surface area contributed by atoms with E-state index in [0.717, 1.165) is 18.7 Å². The third-order valence-electron chi connectivity index (χ3n) is 5.32. The summed E-state index contributed by atoms with van der Waals surface area (Å²) in [6.07, 6.45) is 0. The molecule has 4 rings (SSSR count). The molecule has 0 saturated heterocycles. The van der Waals surface area contributed by atoms with Crippen molar-refractivity contribution in [3.05, 3.63) is 118 Å². The maximum Gasteiger partial charge on any atom is 0.0598 e. The second kappa shape index (κ2) is 15.9. The predicted molar refractivity (Wildman–Crippen MR) is 163 cm³/mol. The van der Waals surface area contributed by atoms with E-state index in [2.05, 4.69) is 111 Å². The molecule has 0 atom stereocenters. The summed E-state index contributed by atoms with van der Waals surface area (Å²) in [5, 5.41) is 1.18. The summed E-state index contributed by atoms with van der Waals surface area (Å²) in [6, 6.07) is 33.2. The minimum atomic E-state index is 0. The van der Waals surface area contributed by atoms with Crippen LogP contribution in [0.25, 0.3) is 22.3 Å². The Balaban J connectivity index is 0.000000343. The number of halogens is 4. The summed E-state index contributed by atoms with van der Waals surface area (Å²) in [7, 11) is 8.32. The maximum absolute atomic E-state index is 6.08. The second-order valence-corrected chi connectivity index (χ2v) is 9.60. The quantitative estimate of drug-likeness (QED) is 0.231. The van der Waals surface area contributed by atoms with Gasteiger partial charge in [-0.3, -0.25) is 0 Å². The van der Waals surface area contributed by atoms with E-state index in [0.29, 0.717) is 10.0 Å². The molecule has 0 N–H and O–H groups in total. The van der Waals surface area contributed by atoms with Gasteiger partial charge in [0.25, 0.3) is 0 Å². The molecule has 2 nitrogen and oxygen atoms in total. The highest BCUT2D eigenvalue weighted by Crippen LogP contribution is 2.30. The molecule has 0 fully saturated rings. The number of hydrogen-bond donors (Lipinski definition) is 0. The van der Waals surface area contributed by atoms with Gasteiger partial charge in [0.2, 0.25) is 0 Å². The number of nitrogens with zero attached hydrogens (tertiary/aromatic N) is 2. The SMILES string of the molecule is CN(C)Cc1ccccc1-c1ccc(Cl)c(Cl)c1.CN(C)Cc1ccccc1-c1ccccc1.Cl.Cl. The van der Waals surface area contributed by atoms with E-state index in [1.165, 1.54) is 27.8 Å². The highest BCUT2D eigenvalue weighted by atomic mass is 35.5. The molecule has 4 aromatic rings. The Hall–Kier alpha value is -2.04. The van der Waals surface area contributed by atoms with Crippen molar-refractivity contribution in [2.75, 3.05) is 28.2 Å². The molecule has 0 spiro atoms. The monoisotopic (exact) mass is 562 g/mol. The highest BCUT2D eigenvalue weighted by Gasteiger charge is 2.07. The minimum Gasteiger partial charge on any atom is -0.305 e. The lowest BCUT2D eigenvalue weighted by Gasteiger charge is -2.14. The first kappa shape index (κ1) is 32.0. The molecule has 6 heteroatoms. The number of hydrogen-bond acceptors (Lipinski definition) is 2. The molecule has 36 heavy (non-hydrogen) atoms. The summed E-state index contributed by atoms with van der Waals surface area (Å²) in [4.78, 5) is 4.35. The van der Waals surface area contributed by atoms with E-state index in [1.807, 2.05) is 24.3 Å². The average molecular weight is 564 g/mol. The van der Waals surface area contributed by atoms with Crippen LogP contribution in [0.1, 0.15) is 11.1 Å². The van der Waals surface area contributed by atoms with E-state index >= 15 is 0 Å². The van der Waals surface area contributed by atoms with E-state index < -0.39 is 0 Å². The Labute approximate surface area is 238 Å². The summed E-state index contributed by atoms with van der Waals surface area (Å²) in [6.45, 7) is 1.88. The van der Waals surface area contributed by atoms with Crippen molar-refractivity contribution in [3.63, 3.8) is 0 Å². The van der Waals surface area contributed by atoms with Crippen LogP contribution >= 0.6 is 48.0 Å². The van der Waals surface area contributed by atoms with Crippen molar-refractivity contribution >= 4 is 48.0 Å². The molecule has 0 aromatic heterocycles. The third-order valence-corrected chi connectivity index (χ3v) is 6.06. The summed E-state index contributed by atoms with van der Waals surface area (Å²) >= 11 is 12.0. The van der Waals surface area contributed by atoms with Crippen molar-refractivity contribution < 1.29 is 0 Å². The van der Waals surface area contributed by atoms with Gasteiger partial charge in [-0.25, -0.2) is 0 Å². The lowest BCUT2D eigenvalue weighted by molar-refractivity contribution is 0.403. The van der Waals surface area contributed by atoms with Gasteiger partial charge >= 0.3 is 0 Å². The molecular weight excluding hydrogens is 530 g/mol. The highest BCUT2D eigenvalue weighted by molar-refractivity contribution is 6.42. The first-order valence-electron chi connectivity index (χ1n) is 11.3. The van der Waals surface area contributed by atoms with Crippen LogP contribution in [0.15, 0.2) is 97.1 Å². The average Bonchev–Trinajstić information content (AvgIpc) is 2.82. The van der Waals surface area contributed by atoms with Gasteiger partial charge in [-0.2, -0.15) is 0 Å². The Morgan fingerprint density at radius 3 is 1.42 bits per heavy atom. The molecule has 0 aliphatic rings. The van der Waals surface area contributed by atoms with Crippen LogP contribution in [-0.2, 0) is 13.1 Å². The zero-order valence-electron chi connectivity index (χ0n) is 21.1. The molecule has 0 unspecified atom stereocenters. The van der Waals surface area contributed by atoms with Crippen LogP contribution in [0.5, 0.6) is 0 Å². The van der Waals surface area contributed by atoms with E-state index in [1.54, 1.807) is 0 Å². The van der Waals surface area contributed by atoms with Gasteiger partial charge in [0.05, 0.1) is 10.0 Å². The van der Waals surface area contributed by atoms with Gasteiger partial charge in [0, 0.05) is 13.1 Å². The number of benzene rings is 4. The molecule has 0 radical (unpaired) electrons. The van der Waals surface area contributed by atoms with Crippen molar-refractivity contribution in [1.29, 1.82) is 0 Å². The molecule has 0 saturated carbocycles. The van der Waals surface area contributed by atoms with Crippen molar-refractivity contribution in [1.82, 2.24) is 9.80 Å². The molecule has 0 aliphatic heterocycles. The standard InChI is InChI=1S/C15H15Cl2N.C15H17N.2ClH/c1-18(2)10-12-5-3-4-6-13(12)11-7-8-14(16)15(17)9-11;1-16(2)12-14-10-6-7-11-15(14)13-8-4-3-5-9-13;;/h3-9H,10H2,1-2H3;3-11H,12H2,1-2H3;2*1H. The zero-order chi connectivity index (χ0) is 24.5. The maximum atomic E-state index is 6.08. The van der Waals surface area contributed by atoms with Crippen LogP contribution in [-0.4, -0.2) is 38.0 Å². The zero-order valence-corrected chi connectivity index (χ0v) is 24.3. The fourth-order valence-corrected chi connectivity index (χ4v) is 4.14. The first-order chi connectivity index (χ1) is 16.3. The molecule has 4 aromatic carbocycles. The Morgan fingerprint density at radius 1 is 0.500 bits per heavy atom. The predicted octanol–water partition coefficient (Wildman–Crippen LogP) is 8.98. The van der Waals surface area contributed by atoms with E-state index in [4.69, 9.17) is 23.2 Å². The molecule has 0 heterocycles. The molecule has 0 aliphatic carbocycles. The summed E-state index contributed by atoms with van der Waals surface area (Å²) < 4.78 is 0. The van der Waals surface area contributed by atoms with Gasteiger partial charge in [-0.15, -0.1) is 24.8 Å². The molecular formula is C30H34Cl4N2. The van der Waals surface area contributed by atoms with Crippen molar-refractivity contribution in [3.8, 4) is 22.3 Å². The summed E-state index contributed by atoms with van der Waals surface area (Å²) in [5.41, 5.74) is 7.57. The minimum absolute atomic E-state index is 0. The lowest BCUT2D eigenvalue weighted by atomic mass is 9.99.